The van der Waals surface area contributed by atoms with Crippen molar-refractivity contribution in [2.24, 2.45) is 5.92 Å². The molecule has 0 bridgehead atoms. The molecule has 0 radical (unpaired) electrons. The van der Waals surface area contributed by atoms with Crippen LogP contribution in [0.5, 0.6) is 5.75 Å². The summed E-state index contributed by atoms with van der Waals surface area (Å²) in [5, 5.41) is 9.47. The summed E-state index contributed by atoms with van der Waals surface area (Å²) < 4.78 is 62.4. The van der Waals surface area contributed by atoms with Gasteiger partial charge in [-0.25, -0.2) is 13.2 Å². The number of benzene rings is 2. The second-order valence-electron chi connectivity index (χ2n) is 8.03. The second kappa shape index (κ2) is 10.7. The Bertz CT molecular complexity index is 1030. The van der Waals surface area contributed by atoms with E-state index in [1.807, 2.05) is 0 Å². The Morgan fingerprint density at radius 2 is 1.75 bits per heavy atom. The van der Waals surface area contributed by atoms with Crippen LogP contribution < -0.4 is 4.74 Å². The molecule has 0 amide bonds. The average Bonchev–Trinajstić information content (AvgIpc) is 2.78. The van der Waals surface area contributed by atoms with E-state index in [0.717, 1.165) is 0 Å². The third kappa shape index (κ3) is 5.34. The standard InChI is InChI=1S/C26H26F4O2/c1-3-4-15-32-22-14-13-21(25(29)26(22)30)18-8-5-17(6-9-18)7-10-19-11-12-20(16(2)31)24(28)23(19)27/h3,11-14,16-18,31H,1,4-6,8-9,15H2,2H3. The van der Waals surface area contributed by atoms with Crippen LogP contribution in [0.3, 0.4) is 0 Å². The van der Waals surface area contributed by atoms with Crippen LogP contribution >= 0.6 is 0 Å². The highest BCUT2D eigenvalue weighted by molar-refractivity contribution is 5.40. The molecule has 2 aromatic rings. The van der Waals surface area contributed by atoms with E-state index < -0.39 is 29.4 Å². The molecule has 0 saturated heterocycles. The van der Waals surface area contributed by atoms with Gasteiger partial charge in [-0.15, -0.1) is 6.58 Å². The molecule has 2 nitrogen and oxygen atoms in total. The highest BCUT2D eigenvalue weighted by atomic mass is 19.2. The van der Waals surface area contributed by atoms with E-state index >= 15 is 0 Å². The van der Waals surface area contributed by atoms with Crippen molar-refractivity contribution in [3.8, 4) is 17.6 Å². The number of hydrogen-bond donors (Lipinski definition) is 1. The van der Waals surface area contributed by atoms with Gasteiger partial charge in [0.15, 0.2) is 23.2 Å². The molecule has 3 rings (SSSR count). The monoisotopic (exact) mass is 446 g/mol. The molecular weight excluding hydrogens is 420 g/mol. The zero-order valence-corrected chi connectivity index (χ0v) is 17.9. The number of ether oxygens (including phenoxy) is 1. The summed E-state index contributed by atoms with van der Waals surface area (Å²) >= 11 is 0. The summed E-state index contributed by atoms with van der Waals surface area (Å²) in [5.74, 6) is 1.36. The molecule has 1 aliphatic carbocycles. The van der Waals surface area contributed by atoms with Crippen LogP contribution in [0, 0.1) is 41.0 Å². The van der Waals surface area contributed by atoms with Gasteiger partial charge < -0.3 is 9.84 Å². The summed E-state index contributed by atoms with van der Waals surface area (Å²) in [6.07, 6.45) is 3.58. The molecule has 1 atom stereocenters. The zero-order chi connectivity index (χ0) is 23.3. The van der Waals surface area contributed by atoms with Crippen LogP contribution in [-0.4, -0.2) is 11.7 Å². The normalized spacial score (nSPS) is 19.1. The Labute approximate surface area is 185 Å². The molecule has 170 valence electrons. The molecule has 32 heavy (non-hydrogen) atoms. The summed E-state index contributed by atoms with van der Waals surface area (Å²) in [7, 11) is 0. The van der Waals surface area contributed by atoms with Crippen molar-refractivity contribution in [2.75, 3.05) is 6.61 Å². The first kappa shape index (κ1) is 23.9. The zero-order valence-electron chi connectivity index (χ0n) is 17.9. The molecule has 1 fully saturated rings. The number of rotatable bonds is 6. The number of hydrogen-bond acceptors (Lipinski definition) is 2. The summed E-state index contributed by atoms with van der Waals surface area (Å²) in [6.45, 7) is 5.15. The van der Waals surface area contributed by atoms with E-state index in [-0.39, 0.29) is 35.3 Å². The summed E-state index contributed by atoms with van der Waals surface area (Å²) in [4.78, 5) is 0. The van der Waals surface area contributed by atoms with Crippen LogP contribution in [0.15, 0.2) is 36.9 Å². The van der Waals surface area contributed by atoms with Crippen molar-refractivity contribution in [1.82, 2.24) is 0 Å². The van der Waals surface area contributed by atoms with Crippen molar-refractivity contribution in [3.63, 3.8) is 0 Å². The Kier molecular flexibility index (Phi) is 7.98. The van der Waals surface area contributed by atoms with Gasteiger partial charge in [0, 0.05) is 11.5 Å². The van der Waals surface area contributed by atoms with Crippen LogP contribution in [0.4, 0.5) is 17.6 Å². The third-order valence-corrected chi connectivity index (χ3v) is 5.80. The van der Waals surface area contributed by atoms with E-state index in [1.165, 1.54) is 25.1 Å². The maximum absolute atomic E-state index is 14.6. The molecule has 1 aliphatic rings. The van der Waals surface area contributed by atoms with Crippen LogP contribution in [0.2, 0.25) is 0 Å². The Hall–Kier alpha value is -2.78. The SMILES string of the molecule is C=CCCOc1ccc(C2CCC(C#Cc3ccc(C(C)O)c(F)c3F)CC2)c(F)c1F. The number of aliphatic hydroxyl groups excluding tert-OH is 1. The van der Waals surface area contributed by atoms with Gasteiger partial charge >= 0.3 is 0 Å². The Morgan fingerprint density at radius 3 is 2.41 bits per heavy atom. The van der Waals surface area contributed by atoms with Crippen LogP contribution in [-0.2, 0) is 0 Å². The second-order valence-corrected chi connectivity index (χ2v) is 8.03. The number of halogens is 4. The fraction of sp³-hybridized carbons (Fsp3) is 0.385. The predicted octanol–water partition coefficient (Wildman–Crippen LogP) is 6.58. The smallest absolute Gasteiger partial charge is 0.200 e. The van der Waals surface area contributed by atoms with Gasteiger partial charge in [0.25, 0.3) is 0 Å². The van der Waals surface area contributed by atoms with Gasteiger partial charge in [-0.3, -0.25) is 0 Å². The van der Waals surface area contributed by atoms with Crippen molar-refractivity contribution in [2.45, 2.75) is 51.0 Å². The lowest BCUT2D eigenvalue weighted by molar-refractivity contribution is 0.192. The molecule has 0 aliphatic heterocycles. The van der Waals surface area contributed by atoms with Gasteiger partial charge in [0.05, 0.1) is 18.3 Å². The molecule has 1 unspecified atom stereocenters. The lowest BCUT2D eigenvalue weighted by Gasteiger charge is -2.26. The first-order valence-corrected chi connectivity index (χ1v) is 10.7. The average molecular weight is 446 g/mol. The fourth-order valence-corrected chi connectivity index (χ4v) is 3.94. The van der Waals surface area contributed by atoms with E-state index in [1.54, 1.807) is 12.1 Å². The summed E-state index contributed by atoms with van der Waals surface area (Å²) in [5.41, 5.74) is 0.154. The van der Waals surface area contributed by atoms with Crippen LogP contribution in [0.1, 0.15) is 67.7 Å². The molecule has 2 aromatic carbocycles. The topological polar surface area (TPSA) is 29.5 Å². The van der Waals surface area contributed by atoms with Gasteiger partial charge in [-0.1, -0.05) is 30.0 Å². The lowest BCUT2D eigenvalue weighted by Crippen LogP contribution is -2.14. The highest BCUT2D eigenvalue weighted by Crippen LogP contribution is 2.38. The first-order chi connectivity index (χ1) is 15.3. The first-order valence-electron chi connectivity index (χ1n) is 10.7. The quantitative estimate of drug-likeness (QED) is 0.235. The fourth-order valence-electron chi connectivity index (χ4n) is 3.94. The molecule has 1 N–H and O–H groups in total. The summed E-state index contributed by atoms with van der Waals surface area (Å²) in [6, 6.07) is 5.71. The lowest BCUT2D eigenvalue weighted by atomic mass is 9.78. The molecule has 1 saturated carbocycles. The van der Waals surface area contributed by atoms with Crippen molar-refractivity contribution >= 4 is 0 Å². The molecule has 0 heterocycles. The van der Waals surface area contributed by atoms with Gasteiger partial charge in [0.2, 0.25) is 5.82 Å². The van der Waals surface area contributed by atoms with Crippen molar-refractivity contribution < 1.29 is 27.4 Å². The number of aliphatic hydroxyl groups is 1. The largest absolute Gasteiger partial charge is 0.490 e. The molecule has 0 aromatic heterocycles. The van der Waals surface area contributed by atoms with E-state index in [2.05, 4.69) is 18.4 Å². The maximum Gasteiger partial charge on any atom is 0.200 e. The maximum atomic E-state index is 14.6. The van der Waals surface area contributed by atoms with Gasteiger partial charge in [-0.05, 0) is 62.6 Å². The Morgan fingerprint density at radius 1 is 1.03 bits per heavy atom. The van der Waals surface area contributed by atoms with Crippen LogP contribution in [0.25, 0.3) is 0 Å². The van der Waals surface area contributed by atoms with Crippen molar-refractivity contribution in [3.05, 3.63) is 76.9 Å². The minimum absolute atomic E-state index is 0.0421. The molecule has 0 spiro atoms. The van der Waals surface area contributed by atoms with E-state index in [0.29, 0.717) is 37.7 Å². The van der Waals surface area contributed by atoms with E-state index in [9.17, 15) is 22.7 Å². The molecule has 6 heteroatoms. The molecular formula is C26H26F4O2. The highest BCUT2D eigenvalue weighted by Gasteiger charge is 2.26. The minimum Gasteiger partial charge on any atom is -0.490 e. The van der Waals surface area contributed by atoms with Crippen molar-refractivity contribution in [1.29, 1.82) is 0 Å². The van der Waals surface area contributed by atoms with E-state index in [4.69, 9.17) is 4.74 Å². The van der Waals surface area contributed by atoms with Gasteiger partial charge in [-0.2, -0.15) is 4.39 Å². The van der Waals surface area contributed by atoms with Gasteiger partial charge in [0.1, 0.15) is 0 Å². The Balaban J connectivity index is 1.65. The third-order valence-electron chi connectivity index (χ3n) is 5.80. The predicted molar refractivity (Wildman–Crippen MR) is 115 cm³/mol. The minimum atomic E-state index is -1.11.